The Kier molecular flexibility index (Phi) is 5.20. The van der Waals surface area contributed by atoms with Gasteiger partial charge in [-0.2, -0.15) is 0 Å². The number of carbonyl (C=O) groups is 1. The number of ether oxygens (including phenoxy) is 1. The normalized spacial score (nSPS) is 15.8. The van der Waals surface area contributed by atoms with Crippen molar-refractivity contribution in [2.45, 2.75) is 31.8 Å². The lowest BCUT2D eigenvalue weighted by atomic mass is 10.2. The van der Waals surface area contributed by atoms with E-state index in [1.807, 2.05) is 18.2 Å². The van der Waals surface area contributed by atoms with Gasteiger partial charge in [0.1, 0.15) is 0 Å². The van der Waals surface area contributed by atoms with Crippen LogP contribution in [0.2, 0.25) is 0 Å². The first-order chi connectivity index (χ1) is 8.77. The van der Waals surface area contributed by atoms with Crippen LogP contribution < -0.4 is 5.32 Å². The van der Waals surface area contributed by atoms with Crippen LogP contribution in [0.1, 0.15) is 36.0 Å². The smallest absolute Gasteiger partial charge is 0.252 e. The fourth-order valence-corrected chi connectivity index (χ4v) is 2.65. The first-order valence-electron chi connectivity index (χ1n) is 6.41. The van der Waals surface area contributed by atoms with E-state index < -0.39 is 0 Å². The quantitative estimate of drug-likeness (QED) is 0.848. The molecule has 0 spiro atoms. The summed E-state index contributed by atoms with van der Waals surface area (Å²) in [6, 6.07) is 7.42. The summed E-state index contributed by atoms with van der Waals surface area (Å²) in [7, 11) is 0. The highest BCUT2D eigenvalue weighted by atomic mass is 79.9. The van der Waals surface area contributed by atoms with Crippen molar-refractivity contribution in [2.75, 3.05) is 13.2 Å². The summed E-state index contributed by atoms with van der Waals surface area (Å²) < 4.78 is 6.51. The van der Waals surface area contributed by atoms with E-state index in [9.17, 15) is 4.79 Å². The van der Waals surface area contributed by atoms with Gasteiger partial charge in [0.15, 0.2) is 0 Å². The van der Waals surface area contributed by atoms with Gasteiger partial charge in [0.2, 0.25) is 0 Å². The standard InChI is InChI=1S/C14H18BrNO2/c15-13-8-4-3-7-12(13)14(17)16-9-10-18-11-5-1-2-6-11/h3-4,7-8,11H,1-2,5-6,9-10H2,(H,16,17). The van der Waals surface area contributed by atoms with E-state index in [2.05, 4.69) is 21.2 Å². The molecule has 0 aromatic heterocycles. The topological polar surface area (TPSA) is 38.3 Å². The van der Waals surface area contributed by atoms with Gasteiger partial charge in [0.05, 0.1) is 18.3 Å². The minimum absolute atomic E-state index is 0.0579. The molecule has 0 aliphatic heterocycles. The molecule has 0 radical (unpaired) electrons. The maximum atomic E-state index is 11.9. The third-order valence-electron chi connectivity index (χ3n) is 3.16. The van der Waals surface area contributed by atoms with E-state index >= 15 is 0 Å². The average Bonchev–Trinajstić information content (AvgIpc) is 2.88. The molecular weight excluding hydrogens is 294 g/mol. The van der Waals surface area contributed by atoms with Crippen LogP contribution in [0.25, 0.3) is 0 Å². The van der Waals surface area contributed by atoms with E-state index in [1.165, 1.54) is 12.8 Å². The van der Waals surface area contributed by atoms with Gasteiger partial charge in [0.25, 0.3) is 5.91 Å². The van der Waals surface area contributed by atoms with Gasteiger partial charge in [-0.25, -0.2) is 0 Å². The van der Waals surface area contributed by atoms with Crippen molar-refractivity contribution in [3.8, 4) is 0 Å². The number of rotatable bonds is 5. The molecule has 0 atom stereocenters. The molecule has 1 aromatic carbocycles. The number of hydrogen-bond acceptors (Lipinski definition) is 2. The molecule has 1 amide bonds. The van der Waals surface area contributed by atoms with E-state index in [-0.39, 0.29) is 5.91 Å². The predicted molar refractivity (Wildman–Crippen MR) is 74.7 cm³/mol. The lowest BCUT2D eigenvalue weighted by Crippen LogP contribution is -2.28. The van der Waals surface area contributed by atoms with E-state index in [1.54, 1.807) is 6.07 Å². The van der Waals surface area contributed by atoms with Crippen LogP contribution in [0.15, 0.2) is 28.7 Å². The molecule has 0 unspecified atom stereocenters. The first kappa shape index (κ1) is 13.6. The summed E-state index contributed by atoms with van der Waals surface area (Å²) in [5, 5.41) is 2.87. The summed E-state index contributed by atoms with van der Waals surface area (Å²) in [6.07, 6.45) is 5.28. The van der Waals surface area contributed by atoms with Gasteiger partial charge in [0, 0.05) is 11.0 Å². The van der Waals surface area contributed by atoms with Crippen LogP contribution in [0.3, 0.4) is 0 Å². The Labute approximate surface area is 116 Å². The summed E-state index contributed by atoms with van der Waals surface area (Å²) in [6.45, 7) is 1.16. The Morgan fingerprint density at radius 3 is 2.78 bits per heavy atom. The zero-order valence-corrected chi connectivity index (χ0v) is 11.9. The lowest BCUT2D eigenvalue weighted by Gasteiger charge is -2.11. The summed E-state index contributed by atoms with van der Waals surface area (Å²) in [4.78, 5) is 11.9. The molecule has 2 rings (SSSR count). The van der Waals surface area contributed by atoms with Gasteiger partial charge in [-0.15, -0.1) is 0 Å². The second-order valence-electron chi connectivity index (χ2n) is 4.51. The number of amides is 1. The Morgan fingerprint density at radius 1 is 1.33 bits per heavy atom. The van der Waals surface area contributed by atoms with Crippen molar-refractivity contribution in [3.05, 3.63) is 34.3 Å². The molecule has 0 bridgehead atoms. The molecule has 98 valence electrons. The zero-order chi connectivity index (χ0) is 12.8. The van der Waals surface area contributed by atoms with Crippen molar-refractivity contribution in [2.24, 2.45) is 0 Å². The molecule has 1 N–H and O–H groups in total. The van der Waals surface area contributed by atoms with Crippen molar-refractivity contribution in [1.29, 1.82) is 0 Å². The Hall–Kier alpha value is -0.870. The summed E-state index contributed by atoms with van der Waals surface area (Å²) in [5.41, 5.74) is 0.665. The van der Waals surface area contributed by atoms with Crippen LogP contribution in [0, 0.1) is 0 Å². The van der Waals surface area contributed by atoms with E-state index in [0.717, 1.165) is 17.3 Å². The van der Waals surface area contributed by atoms with Crippen molar-refractivity contribution in [1.82, 2.24) is 5.32 Å². The van der Waals surface area contributed by atoms with Gasteiger partial charge in [-0.1, -0.05) is 25.0 Å². The number of hydrogen-bond donors (Lipinski definition) is 1. The maximum Gasteiger partial charge on any atom is 0.252 e. The zero-order valence-electron chi connectivity index (χ0n) is 10.3. The molecular formula is C14H18BrNO2. The largest absolute Gasteiger partial charge is 0.376 e. The first-order valence-corrected chi connectivity index (χ1v) is 7.21. The summed E-state index contributed by atoms with van der Waals surface area (Å²) >= 11 is 3.37. The van der Waals surface area contributed by atoms with Crippen LogP contribution in [-0.4, -0.2) is 25.2 Å². The van der Waals surface area contributed by atoms with Crippen LogP contribution in [0.5, 0.6) is 0 Å². The van der Waals surface area contributed by atoms with Gasteiger partial charge >= 0.3 is 0 Å². The molecule has 1 aliphatic rings. The molecule has 0 saturated heterocycles. The minimum atomic E-state index is -0.0579. The lowest BCUT2D eigenvalue weighted by molar-refractivity contribution is 0.0581. The van der Waals surface area contributed by atoms with Crippen LogP contribution >= 0.6 is 15.9 Å². The predicted octanol–water partition coefficient (Wildman–Crippen LogP) is 3.14. The highest BCUT2D eigenvalue weighted by molar-refractivity contribution is 9.10. The Morgan fingerprint density at radius 2 is 2.06 bits per heavy atom. The number of halogens is 1. The summed E-state index contributed by atoms with van der Waals surface area (Å²) in [5.74, 6) is -0.0579. The molecule has 0 heterocycles. The van der Waals surface area contributed by atoms with Crippen molar-refractivity contribution in [3.63, 3.8) is 0 Å². The highest BCUT2D eigenvalue weighted by Crippen LogP contribution is 2.20. The maximum absolute atomic E-state index is 11.9. The third-order valence-corrected chi connectivity index (χ3v) is 3.85. The van der Waals surface area contributed by atoms with Crippen LogP contribution in [-0.2, 0) is 4.74 Å². The van der Waals surface area contributed by atoms with Gasteiger partial charge < -0.3 is 10.1 Å². The molecule has 18 heavy (non-hydrogen) atoms. The molecule has 1 saturated carbocycles. The van der Waals surface area contributed by atoms with Crippen LogP contribution in [0.4, 0.5) is 0 Å². The molecule has 1 aliphatic carbocycles. The second kappa shape index (κ2) is 6.90. The van der Waals surface area contributed by atoms with Gasteiger partial charge in [-0.05, 0) is 40.9 Å². The SMILES string of the molecule is O=C(NCCOC1CCCC1)c1ccccc1Br. The van der Waals surface area contributed by atoms with Crippen molar-refractivity contribution >= 4 is 21.8 Å². The molecule has 4 heteroatoms. The minimum Gasteiger partial charge on any atom is -0.376 e. The third kappa shape index (κ3) is 3.82. The molecule has 3 nitrogen and oxygen atoms in total. The fraction of sp³-hybridized carbons (Fsp3) is 0.500. The fourth-order valence-electron chi connectivity index (χ4n) is 2.19. The Bertz CT molecular complexity index is 403. The molecule has 1 fully saturated rings. The number of carbonyl (C=O) groups excluding carboxylic acids is 1. The monoisotopic (exact) mass is 311 g/mol. The average molecular weight is 312 g/mol. The molecule has 1 aromatic rings. The van der Waals surface area contributed by atoms with Gasteiger partial charge in [-0.3, -0.25) is 4.79 Å². The highest BCUT2D eigenvalue weighted by Gasteiger charge is 2.15. The number of nitrogens with one attached hydrogen (secondary N) is 1. The Balaban J connectivity index is 1.70. The number of benzene rings is 1. The van der Waals surface area contributed by atoms with E-state index in [4.69, 9.17) is 4.74 Å². The van der Waals surface area contributed by atoms with Crippen molar-refractivity contribution < 1.29 is 9.53 Å². The second-order valence-corrected chi connectivity index (χ2v) is 5.37. The van der Waals surface area contributed by atoms with E-state index in [0.29, 0.717) is 24.8 Å².